The summed E-state index contributed by atoms with van der Waals surface area (Å²) in [6, 6.07) is 7.27. The van der Waals surface area contributed by atoms with Gasteiger partial charge < -0.3 is 9.63 Å². The van der Waals surface area contributed by atoms with Crippen molar-refractivity contribution in [3.63, 3.8) is 0 Å². The number of aliphatic hydroxyl groups excluding tert-OH is 1. The molecule has 0 radical (unpaired) electrons. The molecule has 0 saturated carbocycles. The van der Waals surface area contributed by atoms with Gasteiger partial charge >= 0.3 is 0 Å². The Hall–Kier alpha value is -1.04. The quantitative estimate of drug-likeness (QED) is 0.914. The number of hydrogen-bond acceptors (Lipinski definition) is 5. The van der Waals surface area contributed by atoms with Crippen molar-refractivity contribution in [1.29, 1.82) is 0 Å². The van der Waals surface area contributed by atoms with Gasteiger partial charge in [0.25, 0.3) is 0 Å². The molecule has 0 aliphatic heterocycles. The molecule has 1 atom stereocenters. The summed E-state index contributed by atoms with van der Waals surface area (Å²) >= 11 is 7.39. The van der Waals surface area contributed by atoms with Gasteiger partial charge in [-0.25, -0.2) is 0 Å². The van der Waals surface area contributed by atoms with Crippen LogP contribution in [0.3, 0.4) is 0 Å². The topological polar surface area (TPSA) is 59.2 Å². The Balaban J connectivity index is 2.03. The zero-order valence-electron chi connectivity index (χ0n) is 9.84. The predicted molar refractivity (Wildman–Crippen MR) is 72.6 cm³/mol. The second kappa shape index (κ2) is 6.22. The Morgan fingerprint density at radius 1 is 1.39 bits per heavy atom. The van der Waals surface area contributed by atoms with E-state index in [0.717, 1.165) is 5.56 Å². The van der Waals surface area contributed by atoms with E-state index >= 15 is 0 Å². The standard InChI is InChI=1S/C12H13ClN2O2S/c1-8(6-16)18-7-11-14-12(15-17-11)9-2-4-10(13)5-3-9/h2-5,8,16H,6-7H2,1H3. The third kappa shape index (κ3) is 3.48. The molecule has 0 aliphatic rings. The number of aromatic nitrogens is 2. The fourth-order valence-electron chi connectivity index (χ4n) is 1.30. The van der Waals surface area contributed by atoms with Gasteiger partial charge in [-0.2, -0.15) is 4.98 Å². The largest absolute Gasteiger partial charge is 0.395 e. The molecule has 4 nitrogen and oxygen atoms in total. The van der Waals surface area contributed by atoms with E-state index in [1.54, 1.807) is 23.9 Å². The average Bonchev–Trinajstić information content (AvgIpc) is 2.85. The average molecular weight is 285 g/mol. The normalized spacial score (nSPS) is 12.6. The lowest BCUT2D eigenvalue weighted by Gasteiger charge is -2.03. The number of rotatable bonds is 5. The molecular weight excluding hydrogens is 272 g/mol. The van der Waals surface area contributed by atoms with Crippen molar-refractivity contribution in [3.8, 4) is 11.4 Å². The molecule has 0 aliphatic carbocycles. The first-order valence-electron chi connectivity index (χ1n) is 5.50. The van der Waals surface area contributed by atoms with Crippen molar-refractivity contribution in [3.05, 3.63) is 35.2 Å². The molecule has 0 fully saturated rings. The summed E-state index contributed by atoms with van der Waals surface area (Å²) in [5.41, 5.74) is 0.870. The fourth-order valence-corrected chi connectivity index (χ4v) is 2.07. The fraction of sp³-hybridized carbons (Fsp3) is 0.333. The van der Waals surface area contributed by atoms with Crippen LogP contribution in [0.4, 0.5) is 0 Å². The van der Waals surface area contributed by atoms with Gasteiger partial charge in [0.05, 0.1) is 12.4 Å². The van der Waals surface area contributed by atoms with Crippen molar-refractivity contribution < 1.29 is 9.63 Å². The van der Waals surface area contributed by atoms with E-state index in [2.05, 4.69) is 10.1 Å². The van der Waals surface area contributed by atoms with Crippen LogP contribution in [-0.2, 0) is 5.75 Å². The van der Waals surface area contributed by atoms with Gasteiger partial charge in [-0.1, -0.05) is 23.7 Å². The van der Waals surface area contributed by atoms with Gasteiger partial charge in [0.1, 0.15) is 0 Å². The van der Waals surface area contributed by atoms with E-state index < -0.39 is 0 Å². The highest BCUT2D eigenvalue weighted by atomic mass is 35.5. The van der Waals surface area contributed by atoms with E-state index in [1.165, 1.54) is 0 Å². The van der Waals surface area contributed by atoms with Crippen molar-refractivity contribution in [2.75, 3.05) is 6.61 Å². The first-order chi connectivity index (χ1) is 8.69. The summed E-state index contributed by atoms with van der Waals surface area (Å²) in [5, 5.41) is 13.7. The van der Waals surface area contributed by atoms with Gasteiger partial charge in [0, 0.05) is 15.8 Å². The Morgan fingerprint density at radius 3 is 2.78 bits per heavy atom. The smallest absolute Gasteiger partial charge is 0.236 e. The number of aliphatic hydroxyl groups is 1. The van der Waals surface area contributed by atoms with Crippen molar-refractivity contribution in [2.24, 2.45) is 0 Å². The zero-order valence-corrected chi connectivity index (χ0v) is 11.4. The zero-order chi connectivity index (χ0) is 13.0. The number of thioether (sulfide) groups is 1. The lowest BCUT2D eigenvalue weighted by Crippen LogP contribution is -2.02. The van der Waals surface area contributed by atoms with Gasteiger partial charge in [0.15, 0.2) is 0 Å². The molecular formula is C12H13ClN2O2S. The van der Waals surface area contributed by atoms with Crippen molar-refractivity contribution in [1.82, 2.24) is 10.1 Å². The summed E-state index contributed by atoms with van der Waals surface area (Å²) in [6.45, 7) is 2.09. The van der Waals surface area contributed by atoms with Crippen LogP contribution in [0.2, 0.25) is 5.02 Å². The molecule has 2 aromatic rings. The van der Waals surface area contributed by atoms with Crippen LogP contribution >= 0.6 is 23.4 Å². The summed E-state index contributed by atoms with van der Waals surface area (Å²) in [7, 11) is 0. The molecule has 0 amide bonds. The maximum Gasteiger partial charge on any atom is 0.236 e. The maximum atomic E-state index is 8.92. The molecule has 1 aromatic heterocycles. The van der Waals surface area contributed by atoms with Crippen molar-refractivity contribution >= 4 is 23.4 Å². The Labute approximate surface area is 114 Å². The molecule has 18 heavy (non-hydrogen) atoms. The molecule has 1 heterocycles. The monoisotopic (exact) mass is 284 g/mol. The summed E-state index contributed by atoms with van der Waals surface area (Å²) in [6.07, 6.45) is 0. The first kappa shape index (κ1) is 13.4. The van der Waals surface area contributed by atoms with Crippen LogP contribution in [0.1, 0.15) is 12.8 Å². The highest BCUT2D eigenvalue weighted by Gasteiger charge is 2.10. The molecule has 0 spiro atoms. The number of halogens is 1. The van der Waals surface area contributed by atoms with E-state index in [0.29, 0.717) is 22.5 Å². The Morgan fingerprint density at radius 2 is 2.11 bits per heavy atom. The SMILES string of the molecule is CC(CO)SCc1nc(-c2ccc(Cl)cc2)no1. The molecule has 96 valence electrons. The van der Waals surface area contributed by atoms with Crippen LogP contribution in [0, 0.1) is 0 Å². The summed E-state index contributed by atoms with van der Waals surface area (Å²) < 4.78 is 5.15. The molecule has 0 saturated heterocycles. The second-order valence-electron chi connectivity index (χ2n) is 3.82. The Kier molecular flexibility index (Phi) is 4.63. The molecule has 0 bridgehead atoms. The molecule has 1 N–H and O–H groups in total. The van der Waals surface area contributed by atoms with Crippen molar-refractivity contribution in [2.45, 2.75) is 17.9 Å². The van der Waals surface area contributed by atoms with E-state index in [9.17, 15) is 0 Å². The molecule has 1 aromatic carbocycles. The van der Waals surface area contributed by atoms with Gasteiger partial charge in [0.2, 0.25) is 11.7 Å². The lowest BCUT2D eigenvalue weighted by atomic mass is 10.2. The minimum Gasteiger partial charge on any atom is -0.395 e. The number of benzene rings is 1. The highest BCUT2D eigenvalue weighted by molar-refractivity contribution is 7.99. The molecule has 1 unspecified atom stereocenters. The van der Waals surface area contributed by atoms with Crippen LogP contribution in [0.5, 0.6) is 0 Å². The maximum absolute atomic E-state index is 8.92. The molecule has 2 rings (SSSR count). The van der Waals surface area contributed by atoms with Crippen LogP contribution in [-0.4, -0.2) is 27.1 Å². The summed E-state index contributed by atoms with van der Waals surface area (Å²) in [5.74, 6) is 1.71. The second-order valence-corrected chi connectivity index (χ2v) is 5.69. The van der Waals surface area contributed by atoms with Gasteiger partial charge in [-0.3, -0.25) is 0 Å². The molecule has 6 heteroatoms. The third-order valence-electron chi connectivity index (χ3n) is 2.32. The third-order valence-corrected chi connectivity index (χ3v) is 3.70. The van der Waals surface area contributed by atoms with Gasteiger partial charge in [-0.15, -0.1) is 11.8 Å². The lowest BCUT2D eigenvalue weighted by molar-refractivity contribution is 0.300. The van der Waals surface area contributed by atoms with E-state index in [-0.39, 0.29) is 11.9 Å². The highest BCUT2D eigenvalue weighted by Crippen LogP contribution is 2.21. The van der Waals surface area contributed by atoms with E-state index in [1.807, 2.05) is 19.1 Å². The number of hydrogen-bond donors (Lipinski definition) is 1. The predicted octanol–water partition coefficient (Wildman–Crippen LogP) is 3.00. The van der Waals surface area contributed by atoms with Crippen LogP contribution in [0.25, 0.3) is 11.4 Å². The van der Waals surface area contributed by atoms with Gasteiger partial charge in [-0.05, 0) is 24.3 Å². The Bertz CT molecular complexity index is 501. The minimum atomic E-state index is 0.142. The number of nitrogens with zero attached hydrogens (tertiary/aromatic N) is 2. The van der Waals surface area contributed by atoms with Crippen LogP contribution < -0.4 is 0 Å². The minimum absolute atomic E-state index is 0.142. The summed E-state index contributed by atoms with van der Waals surface area (Å²) in [4.78, 5) is 4.29. The van der Waals surface area contributed by atoms with Crippen LogP contribution in [0.15, 0.2) is 28.8 Å². The first-order valence-corrected chi connectivity index (χ1v) is 6.92. The van der Waals surface area contributed by atoms with E-state index in [4.69, 9.17) is 21.2 Å².